The number of nitrogens with one attached hydrogen (secondary N) is 1. The molecule has 0 bridgehead atoms. The molecule has 1 N–H and O–H groups in total. The van der Waals surface area contributed by atoms with Crippen LogP contribution >= 0.6 is 15.9 Å². The van der Waals surface area contributed by atoms with Crippen molar-refractivity contribution in [2.75, 3.05) is 13.7 Å². The minimum Gasteiger partial charge on any atom is -0.496 e. The van der Waals surface area contributed by atoms with E-state index < -0.39 is 0 Å². The van der Waals surface area contributed by atoms with E-state index in [-0.39, 0.29) is 0 Å². The lowest BCUT2D eigenvalue weighted by Gasteiger charge is -2.17. The van der Waals surface area contributed by atoms with Crippen LogP contribution in [0.5, 0.6) is 5.75 Å². The summed E-state index contributed by atoms with van der Waals surface area (Å²) in [4.78, 5) is 0. The molecule has 2 nitrogen and oxygen atoms in total. The Bertz CT molecular complexity index is 339. The average Bonchev–Trinajstić information content (AvgIpc) is 2.21. The number of methoxy groups -OCH3 is 1. The molecule has 0 aromatic heterocycles. The summed E-state index contributed by atoms with van der Waals surface area (Å²) in [7, 11) is 1.71. The standard InChI is InChI=1S/C12H18BrNO/c1-5-14-9(3)10-7-11(13)8(2)6-12(10)15-4/h6-7,9,14H,5H2,1-4H3. The van der Waals surface area contributed by atoms with E-state index in [4.69, 9.17) is 4.74 Å². The molecule has 3 heteroatoms. The predicted octanol–water partition coefficient (Wildman–Crippen LogP) is 3.44. The summed E-state index contributed by atoms with van der Waals surface area (Å²) in [5.74, 6) is 0.948. The summed E-state index contributed by atoms with van der Waals surface area (Å²) < 4.78 is 6.52. The zero-order valence-corrected chi connectivity index (χ0v) is 11.3. The molecule has 0 radical (unpaired) electrons. The largest absolute Gasteiger partial charge is 0.496 e. The fourth-order valence-electron chi connectivity index (χ4n) is 1.60. The first-order valence-corrected chi connectivity index (χ1v) is 5.96. The molecular formula is C12H18BrNO. The minimum atomic E-state index is 0.307. The Kier molecular flexibility index (Phi) is 4.61. The lowest BCUT2D eigenvalue weighted by molar-refractivity contribution is 0.402. The highest BCUT2D eigenvalue weighted by Gasteiger charge is 2.12. The molecule has 1 rings (SSSR count). The summed E-state index contributed by atoms with van der Waals surface area (Å²) in [5, 5.41) is 3.38. The minimum absolute atomic E-state index is 0.307. The fourth-order valence-corrected chi connectivity index (χ4v) is 1.96. The highest BCUT2D eigenvalue weighted by molar-refractivity contribution is 9.10. The molecule has 0 saturated carbocycles. The number of hydrogen-bond donors (Lipinski definition) is 1. The summed E-state index contributed by atoms with van der Waals surface area (Å²) >= 11 is 3.55. The van der Waals surface area contributed by atoms with Crippen LogP contribution in [0.15, 0.2) is 16.6 Å². The van der Waals surface area contributed by atoms with Crippen LogP contribution in [0.25, 0.3) is 0 Å². The van der Waals surface area contributed by atoms with Gasteiger partial charge in [-0.15, -0.1) is 0 Å². The van der Waals surface area contributed by atoms with E-state index in [1.54, 1.807) is 7.11 Å². The van der Waals surface area contributed by atoms with Crippen molar-refractivity contribution >= 4 is 15.9 Å². The predicted molar refractivity (Wildman–Crippen MR) is 67.5 cm³/mol. The van der Waals surface area contributed by atoms with E-state index in [0.717, 1.165) is 16.8 Å². The van der Waals surface area contributed by atoms with E-state index in [2.05, 4.69) is 54.2 Å². The topological polar surface area (TPSA) is 21.3 Å². The van der Waals surface area contributed by atoms with E-state index in [1.807, 2.05) is 0 Å². The van der Waals surface area contributed by atoms with Crippen molar-refractivity contribution in [3.8, 4) is 5.75 Å². The molecular weight excluding hydrogens is 254 g/mol. The zero-order chi connectivity index (χ0) is 11.4. The van der Waals surface area contributed by atoms with Crippen LogP contribution in [0.2, 0.25) is 0 Å². The Morgan fingerprint density at radius 3 is 2.67 bits per heavy atom. The molecule has 1 unspecified atom stereocenters. The van der Waals surface area contributed by atoms with Gasteiger partial charge in [0.1, 0.15) is 5.75 Å². The van der Waals surface area contributed by atoms with Gasteiger partial charge < -0.3 is 10.1 Å². The van der Waals surface area contributed by atoms with Crippen LogP contribution in [-0.2, 0) is 0 Å². The molecule has 0 saturated heterocycles. The summed E-state index contributed by atoms with van der Waals surface area (Å²) in [6.07, 6.45) is 0. The maximum Gasteiger partial charge on any atom is 0.123 e. The second kappa shape index (κ2) is 5.52. The maximum atomic E-state index is 5.39. The Morgan fingerprint density at radius 2 is 2.13 bits per heavy atom. The van der Waals surface area contributed by atoms with E-state index in [9.17, 15) is 0 Å². The number of aryl methyl sites for hydroxylation is 1. The molecule has 1 aromatic rings. The van der Waals surface area contributed by atoms with Gasteiger partial charge >= 0.3 is 0 Å². The van der Waals surface area contributed by atoms with Crippen LogP contribution in [-0.4, -0.2) is 13.7 Å². The molecule has 0 aliphatic rings. The quantitative estimate of drug-likeness (QED) is 0.906. The van der Waals surface area contributed by atoms with Crippen LogP contribution in [0.1, 0.15) is 31.0 Å². The maximum absolute atomic E-state index is 5.39. The first-order valence-electron chi connectivity index (χ1n) is 5.17. The van der Waals surface area contributed by atoms with Gasteiger partial charge in [0.05, 0.1) is 7.11 Å². The summed E-state index contributed by atoms with van der Waals surface area (Å²) in [6, 6.07) is 4.50. The molecule has 15 heavy (non-hydrogen) atoms. The van der Waals surface area contributed by atoms with Gasteiger partial charge in [-0.3, -0.25) is 0 Å². The zero-order valence-electron chi connectivity index (χ0n) is 9.73. The number of rotatable bonds is 4. The molecule has 0 aliphatic carbocycles. The first kappa shape index (κ1) is 12.5. The van der Waals surface area contributed by atoms with Crippen LogP contribution in [0, 0.1) is 6.92 Å². The molecule has 1 aromatic carbocycles. The molecule has 1 atom stereocenters. The number of halogens is 1. The number of ether oxygens (including phenoxy) is 1. The van der Waals surface area contributed by atoms with Gasteiger partial charge in [-0.25, -0.2) is 0 Å². The molecule has 0 heterocycles. The van der Waals surface area contributed by atoms with Gasteiger partial charge in [-0.2, -0.15) is 0 Å². The van der Waals surface area contributed by atoms with Crippen molar-refractivity contribution in [1.29, 1.82) is 0 Å². The third-order valence-corrected chi connectivity index (χ3v) is 3.34. The van der Waals surface area contributed by atoms with E-state index >= 15 is 0 Å². The van der Waals surface area contributed by atoms with Crippen LogP contribution in [0.4, 0.5) is 0 Å². The lowest BCUT2D eigenvalue weighted by atomic mass is 10.0. The normalized spacial score (nSPS) is 12.6. The third-order valence-electron chi connectivity index (χ3n) is 2.49. The Labute approximate surface area is 100 Å². The monoisotopic (exact) mass is 271 g/mol. The van der Waals surface area contributed by atoms with Crippen molar-refractivity contribution in [3.63, 3.8) is 0 Å². The van der Waals surface area contributed by atoms with Gasteiger partial charge in [0.2, 0.25) is 0 Å². The van der Waals surface area contributed by atoms with Crippen molar-refractivity contribution < 1.29 is 4.74 Å². The Hall–Kier alpha value is -0.540. The third kappa shape index (κ3) is 2.95. The average molecular weight is 272 g/mol. The van der Waals surface area contributed by atoms with Crippen molar-refractivity contribution in [1.82, 2.24) is 5.32 Å². The van der Waals surface area contributed by atoms with Crippen LogP contribution in [0.3, 0.4) is 0 Å². The van der Waals surface area contributed by atoms with E-state index in [1.165, 1.54) is 11.1 Å². The van der Waals surface area contributed by atoms with Gasteiger partial charge in [-0.05, 0) is 38.1 Å². The van der Waals surface area contributed by atoms with Crippen molar-refractivity contribution in [3.05, 3.63) is 27.7 Å². The van der Waals surface area contributed by atoms with Crippen molar-refractivity contribution in [2.24, 2.45) is 0 Å². The molecule has 0 fully saturated rings. The second-order valence-corrected chi connectivity index (χ2v) is 4.48. The molecule has 0 aliphatic heterocycles. The van der Waals surface area contributed by atoms with Crippen LogP contribution < -0.4 is 10.1 Å². The fraction of sp³-hybridized carbons (Fsp3) is 0.500. The molecule has 84 valence electrons. The van der Waals surface area contributed by atoms with Gasteiger partial charge in [0.15, 0.2) is 0 Å². The summed E-state index contributed by atoms with van der Waals surface area (Å²) in [5.41, 5.74) is 2.39. The highest BCUT2D eigenvalue weighted by Crippen LogP contribution is 2.30. The first-order chi connectivity index (χ1) is 7.10. The second-order valence-electron chi connectivity index (χ2n) is 3.62. The van der Waals surface area contributed by atoms with Gasteiger partial charge in [-0.1, -0.05) is 22.9 Å². The van der Waals surface area contributed by atoms with Crippen molar-refractivity contribution in [2.45, 2.75) is 26.8 Å². The van der Waals surface area contributed by atoms with Gasteiger partial charge in [0.25, 0.3) is 0 Å². The molecule has 0 amide bonds. The van der Waals surface area contributed by atoms with Gasteiger partial charge in [0, 0.05) is 16.1 Å². The highest BCUT2D eigenvalue weighted by atomic mass is 79.9. The Balaban J connectivity index is 3.09. The summed E-state index contributed by atoms with van der Waals surface area (Å²) in [6.45, 7) is 7.26. The SMILES string of the molecule is CCNC(C)c1cc(Br)c(C)cc1OC. The number of hydrogen-bond acceptors (Lipinski definition) is 2. The van der Waals surface area contributed by atoms with E-state index in [0.29, 0.717) is 6.04 Å². The lowest BCUT2D eigenvalue weighted by Crippen LogP contribution is -2.18. The molecule has 0 spiro atoms. The Morgan fingerprint density at radius 1 is 1.47 bits per heavy atom. The smallest absolute Gasteiger partial charge is 0.123 e. The number of benzene rings is 1.